The molecule has 1 aliphatic heterocycles. The van der Waals surface area contributed by atoms with Crippen molar-refractivity contribution in [3.05, 3.63) is 0 Å². The van der Waals surface area contributed by atoms with E-state index in [9.17, 15) is 0 Å². The lowest BCUT2D eigenvalue weighted by molar-refractivity contribution is 0.0190. The molecule has 0 aromatic heterocycles. The Labute approximate surface area is 61.5 Å². The number of rotatable bonds is 2. The van der Waals surface area contributed by atoms with Crippen LogP contribution in [0.25, 0.3) is 0 Å². The molecule has 1 saturated heterocycles. The summed E-state index contributed by atoms with van der Waals surface area (Å²) in [6.45, 7) is 2.49. The van der Waals surface area contributed by atoms with Crippen molar-refractivity contribution in [3.8, 4) is 0 Å². The molecule has 2 aliphatic rings. The van der Waals surface area contributed by atoms with Crippen molar-refractivity contribution in [1.29, 1.82) is 0 Å². The Morgan fingerprint density at radius 3 is 2.50 bits per heavy atom. The number of hydrazine groups is 1. The lowest BCUT2D eigenvalue weighted by Crippen LogP contribution is -2.65. The normalized spacial score (nSPS) is 29.7. The summed E-state index contributed by atoms with van der Waals surface area (Å²) >= 11 is 0. The lowest BCUT2D eigenvalue weighted by atomic mass is 9.62. The van der Waals surface area contributed by atoms with Crippen LogP contribution in [0.2, 0.25) is 0 Å². The van der Waals surface area contributed by atoms with E-state index in [-0.39, 0.29) is 0 Å². The van der Waals surface area contributed by atoms with Gasteiger partial charge in [0.1, 0.15) is 0 Å². The van der Waals surface area contributed by atoms with Crippen molar-refractivity contribution in [2.24, 2.45) is 5.41 Å². The van der Waals surface area contributed by atoms with Gasteiger partial charge in [0, 0.05) is 19.1 Å². The third kappa shape index (κ3) is 0.856. The van der Waals surface area contributed by atoms with E-state index in [4.69, 9.17) is 0 Å². The van der Waals surface area contributed by atoms with E-state index >= 15 is 0 Å². The largest absolute Gasteiger partial charge is 0.316 e. The quantitative estimate of drug-likeness (QED) is 0.452. The van der Waals surface area contributed by atoms with Crippen LogP contribution in [0.5, 0.6) is 0 Å². The summed E-state index contributed by atoms with van der Waals surface area (Å²) in [5, 5.41) is 3.32. The van der Waals surface area contributed by atoms with Gasteiger partial charge in [-0.1, -0.05) is 0 Å². The van der Waals surface area contributed by atoms with Crippen LogP contribution in [0, 0.1) is 5.41 Å². The highest BCUT2D eigenvalue weighted by atomic mass is 15.4. The lowest BCUT2D eigenvalue weighted by Gasteiger charge is -2.54. The van der Waals surface area contributed by atoms with Crippen LogP contribution >= 0.6 is 0 Å². The Morgan fingerprint density at radius 2 is 2.10 bits per heavy atom. The minimum absolute atomic E-state index is 0.703. The first kappa shape index (κ1) is 6.58. The molecule has 1 heterocycles. The minimum Gasteiger partial charge on any atom is -0.316 e. The molecule has 3 heteroatoms. The van der Waals surface area contributed by atoms with Crippen LogP contribution in [0.1, 0.15) is 12.8 Å². The van der Waals surface area contributed by atoms with Gasteiger partial charge in [-0.25, -0.2) is 0 Å². The van der Waals surface area contributed by atoms with E-state index in [2.05, 4.69) is 16.2 Å². The molecule has 2 rings (SSSR count). The van der Waals surface area contributed by atoms with Crippen molar-refractivity contribution in [2.45, 2.75) is 18.9 Å². The van der Waals surface area contributed by atoms with Crippen molar-refractivity contribution in [3.63, 3.8) is 0 Å². The first-order chi connectivity index (χ1) is 4.85. The Hall–Kier alpha value is -0.120. The van der Waals surface area contributed by atoms with Gasteiger partial charge < -0.3 is 5.32 Å². The van der Waals surface area contributed by atoms with Crippen LogP contribution in [0.3, 0.4) is 0 Å². The van der Waals surface area contributed by atoms with Crippen molar-refractivity contribution in [1.82, 2.24) is 16.2 Å². The molecule has 58 valence electrons. The molecule has 0 atom stereocenters. The van der Waals surface area contributed by atoms with E-state index in [1.165, 1.54) is 25.9 Å². The molecule has 0 bridgehead atoms. The molecular formula is C7H15N3. The van der Waals surface area contributed by atoms with Crippen molar-refractivity contribution >= 4 is 0 Å². The van der Waals surface area contributed by atoms with E-state index in [1.807, 2.05) is 7.05 Å². The smallest absolute Gasteiger partial charge is 0.0225 e. The zero-order chi connectivity index (χ0) is 7.03. The van der Waals surface area contributed by atoms with Crippen LogP contribution in [0.4, 0.5) is 0 Å². The second-order valence-corrected chi connectivity index (χ2v) is 3.60. The van der Waals surface area contributed by atoms with Crippen LogP contribution < -0.4 is 16.2 Å². The Morgan fingerprint density at radius 1 is 1.40 bits per heavy atom. The van der Waals surface area contributed by atoms with Crippen LogP contribution in [-0.4, -0.2) is 26.2 Å². The van der Waals surface area contributed by atoms with Gasteiger partial charge in [0.05, 0.1) is 0 Å². The van der Waals surface area contributed by atoms with Crippen LogP contribution in [-0.2, 0) is 0 Å². The zero-order valence-corrected chi connectivity index (χ0v) is 6.41. The fraction of sp³-hybridized carbons (Fsp3) is 1.00. The topological polar surface area (TPSA) is 36.1 Å². The maximum atomic E-state index is 3.32. The highest BCUT2D eigenvalue weighted by molar-refractivity contribution is 5.04. The second kappa shape index (κ2) is 2.19. The van der Waals surface area contributed by atoms with Gasteiger partial charge in [0.2, 0.25) is 0 Å². The molecule has 0 amide bonds. The first-order valence-electron chi connectivity index (χ1n) is 3.98. The number of hydrogen-bond acceptors (Lipinski definition) is 3. The summed E-state index contributed by atoms with van der Waals surface area (Å²) in [6.07, 6.45) is 2.70. The summed E-state index contributed by atoms with van der Waals surface area (Å²) in [7, 11) is 1.93. The average Bonchev–Trinajstić information content (AvgIpc) is 1.72. The molecule has 1 aliphatic carbocycles. The third-order valence-corrected chi connectivity index (χ3v) is 2.71. The summed E-state index contributed by atoms with van der Waals surface area (Å²) in [6, 6.07) is 0.729. The van der Waals surface area contributed by atoms with Gasteiger partial charge in [-0.3, -0.25) is 10.9 Å². The van der Waals surface area contributed by atoms with Gasteiger partial charge in [0.15, 0.2) is 0 Å². The molecule has 0 aromatic carbocycles. The second-order valence-electron chi connectivity index (χ2n) is 3.60. The summed E-state index contributed by atoms with van der Waals surface area (Å²) in [5.74, 6) is 0. The average molecular weight is 141 g/mol. The van der Waals surface area contributed by atoms with Gasteiger partial charge in [-0.15, -0.1) is 0 Å². The Bertz CT molecular complexity index is 123. The molecule has 10 heavy (non-hydrogen) atoms. The monoisotopic (exact) mass is 141 g/mol. The summed E-state index contributed by atoms with van der Waals surface area (Å²) in [5.41, 5.74) is 6.92. The van der Waals surface area contributed by atoms with E-state index < -0.39 is 0 Å². The predicted molar refractivity (Wildman–Crippen MR) is 40.5 cm³/mol. The van der Waals surface area contributed by atoms with Gasteiger partial charge in [-0.2, -0.15) is 0 Å². The maximum Gasteiger partial charge on any atom is 0.0225 e. The van der Waals surface area contributed by atoms with Crippen LogP contribution in [0.15, 0.2) is 0 Å². The molecule has 1 spiro atoms. The van der Waals surface area contributed by atoms with E-state index in [1.54, 1.807) is 0 Å². The Balaban J connectivity index is 1.72. The highest BCUT2D eigenvalue weighted by Crippen LogP contribution is 2.43. The van der Waals surface area contributed by atoms with Crippen molar-refractivity contribution < 1.29 is 0 Å². The van der Waals surface area contributed by atoms with Gasteiger partial charge in [-0.05, 0) is 25.3 Å². The summed E-state index contributed by atoms with van der Waals surface area (Å²) in [4.78, 5) is 0. The number of hydrogen-bond donors (Lipinski definition) is 3. The SMILES string of the molecule is CNNC1CC2(CNC2)C1. The predicted octanol–water partition coefficient (Wildman–Crippen LogP) is -0.538. The molecule has 2 fully saturated rings. The molecule has 0 radical (unpaired) electrons. The first-order valence-corrected chi connectivity index (χ1v) is 3.98. The molecule has 0 aromatic rings. The van der Waals surface area contributed by atoms with Gasteiger partial charge in [0.25, 0.3) is 0 Å². The zero-order valence-electron chi connectivity index (χ0n) is 6.41. The maximum absolute atomic E-state index is 3.32. The molecular weight excluding hydrogens is 126 g/mol. The summed E-state index contributed by atoms with van der Waals surface area (Å²) < 4.78 is 0. The fourth-order valence-electron chi connectivity index (χ4n) is 2.06. The van der Waals surface area contributed by atoms with Crippen molar-refractivity contribution in [2.75, 3.05) is 20.1 Å². The molecule has 0 unspecified atom stereocenters. The molecule has 3 nitrogen and oxygen atoms in total. The number of nitrogens with one attached hydrogen (secondary N) is 3. The molecule has 1 saturated carbocycles. The molecule has 3 N–H and O–H groups in total. The van der Waals surface area contributed by atoms with E-state index in [0.717, 1.165) is 6.04 Å². The standard InChI is InChI=1S/C7H15N3/c1-8-10-6-2-7(3-6)4-9-5-7/h6,8-10H,2-5H2,1H3. The Kier molecular flexibility index (Phi) is 1.44. The highest BCUT2D eigenvalue weighted by Gasteiger charge is 2.47. The third-order valence-electron chi connectivity index (χ3n) is 2.71. The van der Waals surface area contributed by atoms with Gasteiger partial charge >= 0.3 is 0 Å². The fourth-order valence-corrected chi connectivity index (χ4v) is 2.06. The minimum atomic E-state index is 0.703. The van der Waals surface area contributed by atoms with E-state index in [0.29, 0.717) is 5.41 Å².